The first-order valence-corrected chi connectivity index (χ1v) is 12.0. The number of unbranched alkanes of at least 4 members (excludes halogenated alkanes) is 1. The van der Waals surface area contributed by atoms with E-state index in [1.54, 1.807) is 21.3 Å². The molecule has 0 saturated carbocycles. The first kappa shape index (κ1) is 18.3. The Hall–Kier alpha value is 0.234. The average Bonchev–Trinajstić information content (AvgIpc) is 2.50. The maximum atomic E-state index is 5.85. The van der Waals surface area contributed by atoms with Gasteiger partial charge in [0.15, 0.2) is 0 Å². The molecule has 1 aliphatic heterocycles. The van der Waals surface area contributed by atoms with Crippen LogP contribution >= 0.6 is 0 Å². The van der Waals surface area contributed by atoms with Gasteiger partial charge in [0, 0.05) is 34.5 Å². The van der Waals surface area contributed by atoms with Crippen LogP contribution in [0.5, 0.6) is 0 Å². The Morgan fingerprint density at radius 3 is 2.20 bits per heavy atom. The fourth-order valence-corrected chi connectivity index (χ4v) is 7.67. The van der Waals surface area contributed by atoms with Crippen molar-refractivity contribution >= 4 is 17.3 Å². The third-order valence-electron chi connectivity index (χ3n) is 4.52. The maximum Gasteiger partial charge on any atom is 0.500 e. The number of hydrogen-bond donors (Lipinski definition) is 0. The zero-order valence-corrected chi connectivity index (χ0v) is 15.7. The molecule has 1 saturated heterocycles. The molecule has 1 aliphatic rings. The molecule has 1 atom stereocenters. The topological polar surface area (TPSA) is 40.2 Å². The smallest absolute Gasteiger partial charge is 0.406 e. The molecule has 120 valence electrons. The van der Waals surface area contributed by atoms with E-state index in [0.717, 1.165) is 25.4 Å². The van der Waals surface area contributed by atoms with E-state index in [9.17, 15) is 0 Å². The number of rotatable bonds is 9. The summed E-state index contributed by atoms with van der Waals surface area (Å²) in [5, 5.41) is 0. The minimum absolute atomic E-state index is 0.885. The van der Waals surface area contributed by atoms with E-state index in [4.69, 9.17) is 17.7 Å². The quantitative estimate of drug-likeness (QED) is 0.482. The van der Waals surface area contributed by atoms with Crippen LogP contribution in [0.15, 0.2) is 0 Å². The Morgan fingerprint density at radius 1 is 1.00 bits per heavy atom. The van der Waals surface area contributed by atoms with Crippen molar-refractivity contribution in [2.45, 2.75) is 44.3 Å². The van der Waals surface area contributed by atoms with Crippen LogP contribution in [0.1, 0.15) is 25.7 Å². The van der Waals surface area contributed by atoms with Crippen molar-refractivity contribution in [2.75, 3.05) is 41.5 Å². The molecule has 1 unspecified atom stereocenters. The molecule has 0 aromatic rings. The second kappa shape index (κ2) is 8.62. The molecule has 5 nitrogen and oxygen atoms in total. The normalized spacial score (nSPS) is 25.1. The molecule has 0 aromatic heterocycles. The van der Waals surface area contributed by atoms with Gasteiger partial charge in [0.2, 0.25) is 0 Å². The van der Waals surface area contributed by atoms with E-state index < -0.39 is 17.3 Å². The van der Waals surface area contributed by atoms with Crippen LogP contribution in [-0.4, -0.2) is 63.4 Å². The predicted octanol–water partition coefficient (Wildman–Crippen LogP) is 2.46. The van der Waals surface area contributed by atoms with Crippen molar-refractivity contribution < 1.29 is 17.7 Å². The van der Waals surface area contributed by atoms with Crippen LogP contribution in [0.25, 0.3) is 0 Å². The highest BCUT2D eigenvalue weighted by Crippen LogP contribution is 2.26. The number of nitrogens with zero attached hydrogens (tertiary/aromatic N) is 1. The highest BCUT2D eigenvalue weighted by molar-refractivity contribution is 6.69. The fraction of sp³-hybridized carbons (Fsp3) is 1.00. The molecule has 0 aliphatic carbocycles. The summed E-state index contributed by atoms with van der Waals surface area (Å²) >= 11 is 0. The van der Waals surface area contributed by atoms with Crippen LogP contribution in [-0.2, 0) is 17.7 Å². The van der Waals surface area contributed by atoms with Gasteiger partial charge in [-0.25, -0.2) is 0 Å². The summed E-state index contributed by atoms with van der Waals surface area (Å²) in [5.74, 6) is 0. The Morgan fingerprint density at radius 2 is 1.65 bits per heavy atom. The monoisotopic (exact) mass is 321 g/mol. The lowest BCUT2D eigenvalue weighted by molar-refractivity contribution is 0.122. The Labute approximate surface area is 126 Å². The van der Waals surface area contributed by atoms with Crippen molar-refractivity contribution in [3.05, 3.63) is 0 Å². The zero-order valence-electron chi connectivity index (χ0n) is 13.7. The van der Waals surface area contributed by atoms with Crippen molar-refractivity contribution in [1.29, 1.82) is 0 Å². The first-order chi connectivity index (χ1) is 9.55. The largest absolute Gasteiger partial charge is 0.500 e. The Kier molecular flexibility index (Phi) is 7.88. The van der Waals surface area contributed by atoms with Gasteiger partial charge < -0.3 is 22.3 Å². The van der Waals surface area contributed by atoms with Crippen molar-refractivity contribution in [2.24, 2.45) is 0 Å². The highest BCUT2D eigenvalue weighted by atomic mass is 28.4. The maximum absolute atomic E-state index is 5.85. The van der Waals surface area contributed by atoms with Gasteiger partial charge in [-0.3, -0.25) is 0 Å². The average molecular weight is 322 g/mol. The molecule has 7 heteroatoms. The van der Waals surface area contributed by atoms with Crippen molar-refractivity contribution in [1.82, 2.24) is 4.57 Å². The standard InChI is InChI=1S/C13H31NO4Si2/c1-15-19(5)12-8-6-10-14(19)11-7-9-13-20(16-2,17-3)18-4/h6-13H2,1-5H3. The van der Waals surface area contributed by atoms with Gasteiger partial charge in [0.05, 0.1) is 0 Å². The third kappa shape index (κ3) is 4.62. The van der Waals surface area contributed by atoms with Gasteiger partial charge in [0.1, 0.15) is 0 Å². The van der Waals surface area contributed by atoms with Crippen molar-refractivity contribution in [3.63, 3.8) is 0 Å². The molecular weight excluding hydrogens is 290 g/mol. The summed E-state index contributed by atoms with van der Waals surface area (Å²) in [5.41, 5.74) is 0. The molecule has 0 aromatic carbocycles. The summed E-state index contributed by atoms with van der Waals surface area (Å²) < 4.78 is 24.8. The van der Waals surface area contributed by atoms with Gasteiger partial charge in [-0.15, -0.1) is 0 Å². The highest BCUT2D eigenvalue weighted by Gasteiger charge is 2.39. The molecule has 1 heterocycles. The Balaban J connectivity index is 2.36. The van der Waals surface area contributed by atoms with Gasteiger partial charge in [0.25, 0.3) is 8.48 Å². The lowest BCUT2D eigenvalue weighted by Crippen LogP contribution is -2.56. The third-order valence-corrected chi connectivity index (χ3v) is 11.3. The van der Waals surface area contributed by atoms with Gasteiger partial charge in [-0.05, 0) is 44.9 Å². The van der Waals surface area contributed by atoms with Crippen LogP contribution in [0.3, 0.4) is 0 Å². The molecule has 0 amide bonds. The molecule has 0 N–H and O–H groups in total. The Bertz CT molecular complexity index is 271. The first-order valence-electron chi connectivity index (χ1n) is 7.51. The molecule has 20 heavy (non-hydrogen) atoms. The summed E-state index contributed by atoms with van der Waals surface area (Å²) in [6, 6.07) is 2.14. The van der Waals surface area contributed by atoms with Crippen LogP contribution in [0.4, 0.5) is 0 Å². The van der Waals surface area contributed by atoms with Crippen LogP contribution < -0.4 is 0 Å². The molecule has 0 radical (unpaired) electrons. The van der Waals surface area contributed by atoms with E-state index in [1.807, 2.05) is 7.11 Å². The van der Waals surface area contributed by atoms with E-state index >= 15 is 0 Å². The summed E-state index contributed by atoms with van der Waals surface area (Å²) in [4.78, 5) is 0. The second-order valence-corrected chi connectivity index (χ2v) is 12.6. The fourth-order valence-electron chi connectivity index (χ4n) is 2.93. The lowest BCUT2D eigenvalue weighted by atomic mass is 10.3. The molecule has 1 fully saturated rings. The van der Waals surface area contributed by atoms with Gasteiger partial charge >= 0.3 is 8.80 Å². The lowest BCUT2D eigenvalue weighted by Gasteiger charge is -2.41. The van der Waals surface area contributed by atoms with E-state index in [-0.39, 0.29) is 0 Å². The van der Waals surface area contributed by atoms with Crippen LogP contribution in [0, 0.1) is 0 Å². The summed E-state index contributed by atoms with van der Waals surface area (Å²) in [6.07, 6.45) is 4.85. The van der Waals surface area contributed by atoms with Gasteiger partial charge in [-0.2, -0.15) is 0 Å². The zero-order chi connectivity index (χ0) is 15.1. The summed E-state index contributed by atoms with van der Waals surface area (Å²) in [6.45, 7) is 4.65. The molecular formula is C13H31NO4Si2. The molecule has 0 spiro atoms. The van der Waals surface area contributed by atoms with Crippen LogP contribution in [0.2, 0.25) is 18.6 Å². The predicted molar refractivity (Wildman–Crippen MR) is 85.1 cm³/mol. The minimum atomic E-state index is -2.39. The molecule has 1 rings (SSSR count). The van der Waals surface area contributed by atoms with Crippen molar-refractivity contribution in [3.8, 4) is 0 Å². The van der Waals surface area contributed by atoms with Gasteiger partial charge in [-0.1, -0.05) is 6.42 Å². The second-order valence-electron chi connectivity index (χ2n) is 5.58. The number of hydrogen-bond acceptors (Lipinski definition) is 5. The van der Waals surface area contributed by atoms with E-state index in [0.29, 0.717) is 0 Å². The minimum Gasteiger partial charge on any atom is -0.406 e. The summed E-state index contributed by atoms with van der Waals surface area (Å²) in [7, 11) is 2.92. The molecule has 0 bridgehead atoms. The SMILES string of the molecule is CO[Si](CCCCN1CCCC[Si]1(C)OC)(OC)OC. The van der Waals surface area contributed by atoms with E-state index in [2.05, 4.69) is 11.1 Å². The van der Waals surface area contributed by atoms with E-state index in [1.165, 1.54) is 25.4 Å².